The summed E-state index contributed by atoms with van der Waals surface area (Å²) in [5.74, 6) is 1.98. The van der Waals surface area contributed by atoms with Crippen molar-refractivity contribution in [3.05, 3.63) is 152 Å². The molecule has 0 saturated carbocycles. The summed E-state index contributed by atoms with van der Waals surface area (Å²) in [5.41, 5.74) is 9.18. The van der Waals surface area contributed by atoms with E-state index in [1.54, 1.807) is 70.5 Å². The summed E-state index contributed by atoms with van der Waals surface area (Å²) in [4.78, 5) is 32.0. The minimum absolute atomic E-state index is 0.0831. The number of fused-ring (bicyclic) bond motifs is 2. The number of sulfonamides is 2. The zero-order chi connectivity index (χ0) is 65.7. The highest BCUT2D eigenvalue weighted by molar-refractivity contribution is 7.89. The molecule has 1 amide bonds. The number of carboxylic acids is 1. The van der Waals surface area contributed by atoms with Gasteiger partial charge in [-0.15, -0.1) is 0 Å². The van der Waals surface area contributed by atoms with Gasteiger partial charge in [0.25, 0.3) is 0 Å². The fraction of sp³-hybridized carbons (Fsp3) is 0.543. The zero-order valence-electron chi connectivity index (χ0n) is 55.0. The molecule has 4 atom stereocenters. The molecule has 504 valence electrons. The molecule has 23 heteroatoms. The molecule has 2 N–H and O–H groups in total. The lowest BCUT2D eigenvalue weighted by atomic mass is 9.90. The predicted octanol–water partition coefficient (Wildman–Crippen LogP) is 9.87. The second-order valence-electron chi connectivity index (χ2n) is 25.4. The van der Waals surface area contributed by atoms with Crippen LogP contribution in [0.25, 0.3) is 0 Å². The number of likely N-dealkylation sites (tertiary alicyclic amines) is 2. The van der Waals surface area contributed by atoms with E-state index in [1.807, 2.05) is 35.2 Å². The second kappa shape index (κ2) is 32.3. The van der Waals surface area contributed by atoms with Gasteiger partial charge in [0.2, 0.25) is 26.0 Å². The standard InChI is InChI=1S/C35H46N4O6S.C18H23N3O.C17H25NO6S/c1-25-20-29(43-3)21-26(2)35(25)46(41,42)39-18-11-8-14-28(39)23-44-24-32(40)38-19-15-31-33(34(38)27-12-6-4-7-13-27)30(36-45-31)22-37-16-9-5-10-17-37;1-3-7-14(8-4-1)18-17-15(13-21-11-5-2-6-12-21)20-22-16(17)9-10-19-18;1-12-8-15(23-3)9-13(2)17(12)25(21,22)18-7-5-4-6-14(18)10-24-11-16(19)20/h4,6-7,12-13,20-21,28,34H,5,8-11,14-19,22-24H2,1-3H3;1,3-4,7-8,18-19H,2,5-6,9-13H2;8-9,14H,4-7,10-11H2,1-3H3,(H,19,20). The lowest BCUT2D eigenvalue weighted by Crippen LogP contribution is -2.47. The van der Waals surface area contributed by atoms with Crippen LogP contribution in [-0.2, 0) is 65.0 Å². The number of carboxylic acid groups (broad SMARTS) is 1. The van der Waals surface area contributed by atoms with Crippen molar-refractivity contribution in [2.75, 3.05) is 93.0 Å². The average Bonchev–Trinajstić information content (AvgIpc) is 1.39. The number of carbonyl (C=O) groups is 2. The van der Waals surface area contributed by atoms with Gasteiger partial charge in [-0.2, -0.15) is 8.61 Å². The van der Waals surface area contributed by atoms with Crippen LogP contribution in [0.4, 0.5) is 0 Å². The van der Waals surface area contributed by atoms with E-state index in [1.165, 1.54) is 67.0 Å². The molecule has 4 unspecified atom stereocenters. The van der Waals surface area contributed by atoms with E-state index in [0.717, 1.165) is 92.3 Å². The maximum absolute atomic E-state index is 14.0. The largest absolute Gasteiger partial charge is 0.497 e. The summed E-state index contributed by atoms with van der Waals surface area (Å²) >= 11 is 0. The summed E-state index contributed by atoms with van der Waals surface area (Å²) in [6, 6.07) is 26.8. The molecule has 6 aliphatic heterocycles. The third-order valence-electron chi connectivity index (χ3n) is 18.8. The Morgan fingerprint density at radius 1 is 0.559 bits per heavy atom. The number of nitrogens with zero attached hydrogens (tertiary/aromatic N) is 7. The van der Waals surface area contributed by atoms with E-state index in [0.29, 0.717) is 89.0 Å². The Hall–Kier alpha value is -6.54. The van der Waals surface area contributed by atoms with Gasteiger partial charge in [-0.3, -0.25) is 14.6 Å². The molecule has 0 bridgehead atoms. The second-order valence-corrected chi connectivity index (χ2v) is 29.1. The summed E-state index contributed by atoms with van der Waals surface area (Å²) in [6.45, 7) is 15.2. The molecule has 4 aromatic carbocycles. The fourth-order valence-corrected chi connectivity index (χ4v) is 18.6. The van der Waals surface area contributed by atoms with E-state index in [2.05, 4.69) is 55.8 Å². The van der Waals surface area contributed by atoms with Crippen molar-refractivity contribution in [2.24, 2.45) is 0 Å². The molecule has 21 nitrogen and oxygen atoms in total. The van der Waals surface area contributed by atoms with Crippen molar-refractivity contribution < 1.29 is 59.5 Å². The molecule has 6 aromatic rings. The number of hydrogen-bond acceptors (Lipinski definition) is 17. The Morgan fingerprint density at radius 3 is 1.47 bits per heavy atom. The average molecular weight is 1320 g/mol. The summed E-state index contributed by atoms with van der Waals surface area (Å²) in [5, 5.41) is 21.3. The van der Waals surface area contributed by atoms with Gasteiger partial charge >= 0.3 is 5.97 Å². The zero-order valence-corrected chi connectivity index (χ0v) is 56.6. The van der Waals surface area contributed by atoms with Gasteiger partial charge in [0.1, 0.15) is 47.6 Å². The predicted molar refractivity (Wildman–Crippen MR) is 352 cm³/mol. The van der Waals surface area contributed by atoms with Gasteiger partial charge in [0, 0.05) is 75.3 Å². The highest BCUT2D eigenvalue weighted by Crippen LogP contribution is 2.40. The summed E-state index contributed by atoms with van der Waals surface area (Å²) in [6.07, 6.45) is 13.8. The van der Waals surface area contributed by atoms with Crippen LogP contribution in [-0.4, -0.2) is 173 Å². The SMILES string of the molecule is COc1cc(C)c(S(=O)(=O)N2CCCCC2COCC(=O)N2CCc3onc(CN4CCCCC4)c3C2c2ccccc2)c(C)c1.COc1cc(C)c(S(=O)(=O)N2CCCCC2COCC(=O)O)c(C)c1.c1ccc(C2NCCc3onc(CN4CCCCC4)c32)cc1. The Balaban J connectivity index is 0.000000169. The molecular weight excluding hydrogens is 1220 g/mol. The Morgan fingerprint density at radius 2 is 1.00 bits per heavy atom. The van der Waals surface area contributed by atoms with Crippen LogP contribution < -0.4 is 14.8 Å². The number of nitrogens with one attached hydrogen (secondary N) is 1. The van der Waals surface area contributed by atoms with E-state index in [4.69, 9.17) is 33.1 Å². The first kappa shape index (κ1) is 69.3. The maximum Gasteiger partial charge on any atom is 0.329 e. The third-order valence-corrected chi connectivity index (χ3v) is 23.3. The van der Waals surface area contributed by atoms with Crippen LogP contribution in [0.1, 0.15) is 157 Å². The van der Waals surface area contributed by atoms with Crippen LogP contribution in [0, 0.1) is 27.7 Å². The first-order chi connectivity index (χ1) is 45.0. The smallest absolute Gasteiger partial charge is 0.329 e. The number of aliphatic carboxylic acids is 1. The third kappa shape index (κ3) is 16.8. The fourth-order valence-electron chi connectivity index (χ4n) is 14.4. The minimum Gasteiger partial charge on any atom is -0.497 e. The number of carbonyl (C=O) groups excluding carboxylic acids is 1. The van der Waals surface area contributed by atoms with E-state index < -0.39 is 32.6 Å². The first-order valence-corrected chi connectivity index (χ1v) is 36.1. The maximum atomic E-state index is 14.0. The van der Waals surface area contributed by atoms with E-state index in [-0.39, 0.29) is 49.9 Å². The molecule has 0 radical (unpaired) electrons. The molecule has 8 heterocycles. The number of hydrogen-bond donors (Lipinski definition) is 2. The highest BCUT2D eigenvalue weighted by Gasteiger charge is 2.41. The molecule has 4 saturated heterocycles. The van der Waals surface area contributed by atoms with Crippen molar-refractivity contribution in [3.8, 4) is 11.5 Å². The van der Waals surface area contributed by atoms with Gasteiger partial charge in [-0.25, -0.2) is 21.6 Å². The van der Waals surface area contributed by atoms with Crippen molar-refractivity contribution in [3.63, 3.8) is 0 Å². The Kier molecular flexibility index (Phi) is 24.0. The van der Waals surface area contributed by atoms with Crippen LogP contribution in [0.5, 0.6) is 11.5 Å². The molecular formula is C70H94N8O13S2. The van der Waals surface area contributed by atoms with Crippen LogP contribution in [0.3, 0.4) is 0 Å². The van der Waals surface area contributed by atoms with E-state index in [9.17, 15) is 26.4 Å². The number of methoxy groups -OCH3 is 2. The Labute approximate surface area is 549 Å². The highest BCUT2D eigenvalue weighted by atomic mass is 32.2. The summed E-state index contributed by atoms with van der Waals surface area (Å²) in [7, 11) is -4.35. The number of aromatic nitrogens is 2. The molecule has 2 aromatic heterocycles. The molecule has 6 aliphatic rings. The number of piperidine rings is 4. The van der Waals surface area contributed by atoms with E-state index >= 15 is 0 Å². The topological polar surface area (TPSA) is 240 Å². The summed E-state index contributed by atoms with van der Waals surface area (Å²) < 4.78 is 90.8. The number of rotatable bonds is 20. The number of amides is 1. The van der Waals surface area contributed by atoms with Gasteiger partial charge in [0.15, 0.2) is 0 Å². The molecule has 93 heavy (non-hydrogen) atoms. The van der Waals surface area contributed by atoms with Gasteiger partial charge in [-0.05, 0) is 163 Å². The Bertz CT molecular complexity index is 3640. The van der Waals surface area contributed by atoms with Crippen molar-refractivity contribution >= 4 is 31.9 Å². The van der Waals surface area contributed by atoms with Gasteiger partial charge in [0.05, 0.1) is 49.3 Å². The normalized spacial score (nSPS) is 20.9. The monoisotopic (exact) mass is 1320 g/mol. The van der Waals surface area contributed by atoms with Crippen LogP contribution >= 0.6 is 0 Å². The quantitative estimate of drug-likeness (QED) is 0.0722. The van der Waals surface area contributed by atoms with Crippen LogP contribution in [0.2, 0.25) is 0 Å². The van der Waals surface area contributed by atoms with Gasteiger partial charge < -0.3 is 43.3 Å². The van der Waals surface area contributed by atoms with Crippen molar-refractivity contribution in [1.82, 2.24) is 38.9 Å². The first-order valence-electron chi connectivity index (χ1n) is 33.2. The lowest BCUT2D eigenvalue weighted by Gasteiger charge is -2.37. The molecule has 0 aliphatic carbocycles. The number of benzene rings is 4. The molecule has 12 rings (SSSR count). The number of ether oxygens (including phenoxy) is 4. The number of aryl methyl sites for hydroxylation is 4. The van der Waals surface area contributed by atoms with Gasteiger partial charge in [-0.1, -0.05) is 96.7 Å². The molecule has 0 spiro atoms. The van der Waals surface area contributed by atoms with Crippen molar-refractivity contribution in [2.45, 2.75) is 165 Å². The molecule has 4 fully saturated rings. The van der Waals surface area contributed by atoms with Crippen molar-refractivity contribution in [1.29, 1.82) is 0 Å². The lowest BCUT2D eigenvalue weighted by molar-refractivity contribution is -0.142. The minimum atomic E-state index is -3.78. The van der Waals surface area contributed by atoms with Crippen LogP contribution in [0.15, 0.2) is 104 Å².